The number of carboxylic acid groups (broad SMARTS) is 1. The molecule has 1 aliphatic rings. The highest BCUT2D eigenvalue weighted by molar-refractivity contribution is 7.91. The number of benzene rings is 1. The molecule has 1 aromatic carbocycles. The lowest BCUT2D eigenvalue weighted by molar-refractivity contribution is -0.137. The van der Waals surface area contributed by atoms with Gasteiger partial charge in [-0.25, -0.2) is 8.42 Å². The third kappa shape index (κ3) is 8.01. The van der Waals surface area contributed by atoms with Gasteiger partial charge in [0, 0.05) is 32.1 Å². The van der Waals surface area contributed by atoms with E-state index < -0.39 is 37.4 Å². The highest BCUT2D eigenvalue weighted by Crippen LogP contribution is 2.41. The van der Waals surface area contributed by atoms with Crippen molar-refractivity contribution in [2.45, 2.75) is 74.4 Å². The second-order valence-corrected chi connectivity index (χ2v) is 13.9. The molecule has 0 unspecified atom stereocenters. The maximum atomic E-state index is 13.5. The maximum absolute atomic E-state index is 13.5. The first-order valence-corrected chi connectivity index (χ1v) is 14.7. The fraction of sp³-hybridized carbons (Fsp3) is 0.577. The van der Waals surface area contributed by atoms with Gasteiger partial charge in [0.25, 0.3) is 10.0 Å². The van der Waals surface area contributed by atoms with Crippen molar-refractivity contribution < 1.29 is 36.6 Å². The molecule has 0 amide bonds. The van der Waals surface area contributed by atoms with E-state index in [-0.39, 0.29) is 54.8 Å². The number of rotatable bonds is 13. The minimum absolute atomic E-state index is 0.0441. The number of aliphatic carboxylic acids is 1. The normalized spacial score (nSPS) is 15.7. The largest absolute Gasteiger partial charge is 0.481 e. The van der Waals surface area contributed by atoms with Crippen LogP contribution in [0.3, 0.4) is 0 Å². The van der Waals surface area contributed by atoms with Gasteiger partial charge in [-0.1, -0.05) is 24.3 Å². The van der Waals surface area contributed by atoms with Crippen molar-refractivity contribution in [3.63, 3.8) is 0 Å². The summed E-state index contributed by atoms with van der Waals surface area (Å²) in [6.45, 7) is 3.87. The number of halogens is 3. The number of aryl methyl sites for hydroxylation is 1. The Labute approximate surface area is 225 Å². The summed E-state index contributed by atoms with van der Waals surface area (Å²) in [7, 11) is -3.07. The molecule has 0 bridgehead atoms. The zero-order valence-electron chi connectivity index (χ0n) is 21.7. The van der Waals surface area contributed by atoms with Crippen LogP contribution in [0.1, 0.15) is 54.7 Å². The maximum Gasteiger partial charge on any atom is 0.425 e. The number of carboxylic acids is 1. The zero-order chi connectivity index (χ0) is 28.3. The molecule has 1 aromatic heterocycles. The molecule has 0 saturated carbocycles. The van der Waals surface area contributed by atoms with Crippen molar-refractivity contribution in [3.05, 3.63) is 51.9 Å². The Kier molecular flexibility index (Phi) is 9.67. The number of β-amino-alcohol motifs (C(OH)–C–C–N with tert-alkyl or cyclic N) is 1. The number of nitrogens with zero attached hydrogens (tertiary/aromatic N) is 1. The molecule has 0 fully saturated rings. The van der Waals surface area contributed by atoms with Gasteiger partial charge in [0.05, 0.1) is 6.10 Å². The smallest absolute Gasteiger partial charge is 0.425 e. The second kappa shape index (κ2) is 12.0. The van der Waals surface area contributed by atoms with Crippen molar-refractivity contribution in [2.75, 3.05) is 20.1 Å². The Balaban J connectivity index is 1.58. The Bertz CT molecular complexity index is 1200. The summed E-state index contributed by atoms with van der Waals surface area (Å²) in [5.41, 5.74) is 2.15. The first-order chi connectivity index (χ1) is 17.6. The van der Waals surface area contributed by atoms with Crippen LogP contribution in [0.5, 0.6) is 0 Å². The van der Waals surface area contributed by atoms with Gasteiger partial charge in [-0.2, -0.15) is 17.5 Å². The molecule has 3 N–H and O–H groups in total. The Morgan fingerprint density at radius 3 is 2.37 bits per heavy atom. The number of aliphatic hydroxyl groups excluding tert-OH is 1. The van der Waals surface area contributed by atoms with E-state index in [9.17, 15) is 31.5 Å². The number of fused-ring (bicyclic) bond motifs is 1. The number of aliphatic hydroxyl groups is 1. The van der Waals surface area contributed by atoms with Crippen LogP contribution in [0, 0.1) is 5.92 Å². The molecule has 1 aliphatic carbocycles. The molecular weight excluding hydrogens is 541 g/mol. The second-order valence-electron chi connectivity index (χ2n) is 10.6. The molecule has 7 nitrogen and oxygen atoms in total. The summed E-state index contributed by atoms with van der Waals surface area (Å²) in [5, 5.41) is 22.6. The summed E-state index contributed by atoms with van der Waals surface area (Å²) < 4.78 is 67.0. The van der Waals surface area contributed by atoms with E-state index in [2.05, 4.69) is 17.4 Å². The van der Waals surface area contributed by atoms with E-state index in [4.69, 9.17) is 5.11 Å². The lowest BCUT2D eigenvalue weighted by Gasteiger charge is -2.31. The Morgan fingerprint density at radius 1 is 1.21 bits per heavy atom. The van der Waals surface area contributed by atoms with Crippen LogP contribution in [0.4, 0.5) is 13.2 Å². The van der Waals surface area contributed by atoms with E-state index in [0.717, 1.165) is 29.6 Å². The number of thiophene rings is 1. The zero-order valence-corrected chi connectivity index (χ0v) is 23.3. The van der Waals surface area contributed by atoms with Gasteiger partial charge in [-0.05, 0) is 74.6 Å². The van der Waals surface area contributed by atoms with Gasteiger partial charge >= 0.3 is 12.1 Å². The Morgan fingerprint density at radius 2 is 1.82 bits per heavy atom. The van der Waals surface area contributed by atoms with Gasteiger partial charge in [0.1, 0.15) is 9.09 Å². The minimum Gasteiger partial charge on any atom is -0.481 e. The van der Waals surface area contributed by atoms with Gasteiger partial charge in [-0.15, -0.1) is 11.3 Å². The molecule has 12 heteroatoms. The monoisotopic (exact) mass is 576 g/mol. The minimum atomic E-state index is -4.76. The van der Waals surface area contributed by atoms with Crippen LogP contribution in [-0.2, 0) is 40.3 Å². The average Bonchev–Trinajstić information content (AvgIpc) is 3.41. The van der Waals surface area contributed by atoms with Crippen LogP contribution < -0.4 is 5.32 Å². The van der Waals surface area contributed by atoms with Crippen molar-refractivity contribution in [3.8, 4) is 0 Å². The van der Waals surface area contributed by atoms with Gasteiger partial charge < -0.3 is 15.5 Å². The van der Waals surface area contributed by atoms with Crippen LogP contribution in [-0.4, -0.2) is 60.7 Å². The third-order valence-electron chi connectivity index (χ3n) is 6.76. The number of hydrogen-bond donors (Lipinski definition) is 3. The number of alkyl halides is 3. The predicted octanol–water partition coefficient (Wildman–Crippen LogP) is 4.33. The molecule has 0 radical (unpaired) electrons. The molecule has 0 aliphatic heterocycles. The molecule has 2 aromatic rings. The fourth-order valence-corrected chi connectivity index (χ4v) is 7.81. The van der Waals surface area contributed by atoms with E-state index in [1.807, 2.05) is 26.0 Å². The number of sulfonamides is 1. The fourth-order valence-electron chi connectivity index (χ4n) is 4.98. The van der Waals surface area contributed by atoms with E-state index in [0.29, 0.717) is 5.92 Å². The number of likely N-dealkylation sites (N-methyl/N-ethyl adjacent to an activating group) is 1. The lowest BCUT2D eigenvalue weighted by Crippen LogP contribution is -2.47. The van der Waals surface area contributed by atoms with Crippen molar-refractivity contribution in [1.82, 2.24) is 9.62 Å². The molecule has 1 heterocycles. The number of carbonyl (C=O) groups is 1. The van der Waals surface area contributed by atoms with Gasteiger partial charge in [-0.3, -0.25) is 4.79 Å². The number of nitrogens with one attached hydrogen (secondary N) is 1. The lowest BCUT2D eigenvalue weighted by atomic mass is 9.88. The molecule has 0 saturated heterocycles. The topological polar surface area (TPSA) is 107 Å². The van der Waals surface area contributed by atoms with Crippen LogP contribution in [0.15, 0.2) is 34.5 Å². The van der Waals surface area contributed by atoms with Gasteiger partial charge in [0.2, 0.25) is 0 Å². The predicted molar refractivity (Wildman–Crippen MR) is 140 cm³/mol. The van der Waals surface area contributed by atoms with E-state index >= 15 is 0 Å². The summed E-state index contributed by atoms with van der Waals surface area (Å²) in [4.78, 5) is 9.68. The first kappa shape index (κ1) is 30.6. The standard InChI is InChI=1S/C26H35F3N2O5S2/c1-25(2,14-17-11-18-7-4-5-8-19(18)12-17)30-15-21(32)16-31(3)38(35,36)23-13-20(9-6-10-22(33)34)24(37-23)26(27,28)29/h4-5,7-8,13,17,21,30,32H,6,9-12,14-16H2,1-3H3,(H,33,34)/t21-/m0/s1. The van der Waals surface area contributed by atoms with Crippen molar-refractivity contribution in [1.29, 1.82) is 0 Å². The van der Waals surface area contributed by atoms with Crippen molar-refractivity contribution >= 4 is 27.3 Å². The molecule has 0 spiro atoms. The average molecular weight is 577 g/mol. The van der Waals surface area contributed by atoms with Crippen LogP contribution >= 0.6 is 11.3 Å². The molecular formula is C26H35F3N2O5S2. The van der Waals surface area contributed by atoms with E-state index in [1.54, 1.807) is 0 Å². The number of hydrogen-bond acceptors (Lipinski definition) is 6. The molecule has 38 heavy (non-hydrogen) atoms. The van der Waals surface area contributed by atoms with E-state index in [1.165, 1.54) is 18.2 Å². The molecule has 3 rings (SSSR count). The summed E-state index contributed by atoms with van der Waals surface area (Å²) >= 11 is 0.118. The summed E-state index contributed by atoms with van der Waals surface area (Å²) in [6, 6.07) is 9.31. The highest BCUT2D eigenvalue weighted by Gasteiger charge is 2.38. The van der Waals surface area contributed by atoms with Crippen LogP contribution in [0.25, 0.3) is 0 Å². The summed E-state index contributed by atoms with van der Waals surface area (Å²) in [5.74, 6) is -0.679. The van der Waals surface area contributed by atoms with Crippen LogP contribution in [0.2, 0.25) is 0 Å². The molecule has 1 atom stereocenters. The quantitative estimate of drug-likeness (QED) is 0.328. The first-order valence-electron chi connectivity index (χ1n) is 12.5. The highest BCUT2D eigenvalue weighted by atomic mass is 32.2. The third-order valence-corrected chi connectivity index (χ3v) is 10.3. The summed E-state index contributed by atoms with van der Waals surface area (Å²) in [6.07, 6.45) is -3.56. The van der Waals surface area contributed by atoms with Crippen molar-refractivity contribution in [2.24, 2.45) is 5.92 Å². The van der Waals surface area contributed by atoms with Gasteiger partial charge in [0.15, 0.2) is 0 Å². The molecule has 212 valence electrons. The Hall–Kier alpha value is -1.99. The SMILES string of the molecule is CN(C[C@@H](O)CNC(C)(C)CC1Cc2ccccc2C1)S(=O)(=O)c1cc(CCCC(=O)O)c(C(F)(F)F)s1.